The molecule has 1 unspecified atom stereocenters. The van der Waals surface area contributed by atoms with Gasteiger partial charge in [0, 0.05) is 0 Å². The second-order valence-electron chi connectivity index (χ2n) is 7.57. The summed E-state index contributed by atoms with van der Waals surface area (Å²) in [7, 11) is 1.64. The lowest BCUT2D eigenvalue weighted by Gasteiger charge is -2.41. The molecule has 1 heteroatoms. The largest absolute Gasteiger partial charge is 0.497 e. The van der Waals surface area contributed by atoms with E-state index >= 15 is 0 Å². The van der Waals surface area contributed by atoms with Gasteiger partial charge in [-0.25, -0.2) is 0 Å². The zero-order valence-corrected chi connectivity index (χ0v) is 15.9. The molecule has 0 amide bonds. The second kappa shape index (κ2) is 8.96. The molecule has 0 aliphatic heterocycles. The zero-order valence-electron chi connectivity index (χ0n) is 15.9. The topological polar surface area (TPSA) is 9.23 Å². The molecule has 2 atom stereocenters. The van der Waals surface area contributed by atoms with Crippen molar-refractivity contribution >= 4 is 0 Å². The Kier molecular flexibility index (Phi) is 7.61. The summed E-state index contributed by atoms with van der Waals surface area (Å²) in [4.78, 5) is 0. The minimum atomic E-state index is 0.421. The van der Waals surface area contributed by atoms with E-state index in [2.05, 4.69) is 64.7 Å². The molecule has 1 saturated carbocycles. The van der Waals surface area contributed by atoms with Crippen molar-refractivity contribution in [2.24, 2.45) is 17.3 Å². The Labute approximate surface area is 143 Å². The average Bonchev–Trinajstić information content (AvgIpc) is 2.45. The van der Waals surface area contributed by atoms with Crippen molar-refractivity contribution in [2.75, 3.05) is 7.11 Å². The molecular formula is C22H34O. The molecule has 128 valence electrons. The Hall–Kier alpha value is -1.50. The van der Waals surface area contributed by atoms with Crippen molar-refractivity contribution in [1.29, 1.82) is 0 Å². The summed E-state index contributed by atoms with van der Waals surface area (Å²) in [6.45, 7) is 15.2. The molecule has 0 aromatic rings. The van der Waals surface area contributed by atoms with Crippen LogP contribution in [0.3, 0.4) is 0 Å². The molecule has 0 aromatic heterocycles. The van der Waals surface area contributed by atoms with E-state index in [1.54, 1.807) is 7.11 Å². The van der Waals surface area contributed by atoms with Crippen LogP contribution < -0.4 is 0 Å². The fourth-order valence-corrected chi connectivity index (χ4v) is 3.47. The van der Waals surface area contributed by atoms with Gasteiger partial charge < -0.3 is 4.74 Å². The molecule has 0 saturated heterocycles. The average molecular weight is 315 g/mol. The predicted molar refractivity (Wildman–Crippen MR) is 102 cm³/mol. The van der Waals surface area contributed by atoms with Gasteiger partial charge in [0.05, 0.1) is 7.11 Å². The Morgan fingerprint density at radius 3 is 2.48 bits per heavy atom. The number of rotatable bonds is 6. The van der Waals surface area contributed by atoms with Crippen LogP contribution in [0.2, 0.25) is 0 Å². The lowest BCUT2D eigenvalue weighted by molar-refractivity contribution is 0.123. The number of hydrogen-bond acceptors (Lipinski definition) is 1. The summed E-state index contributed by atoms with van der Waals surface area (Å²) >= 11 is 0. The highest BCUT2D eigenvalue weighted by Gasteiger charge is 2.34. The predicted octanol–water partition coefficient (Wildman–Crippen LogP) is 6.61. The minimum absolute atomic E-state index is 0.421. The normalized spacial score (nSPS) is 26.0. The summed E-state index contributed by atoms with van der Waals surface area (Å²) in [6.07, 6.45) is 17.0. The first kappa shape index (κ1) is 19.5. The summed E-state index contributed by atoms with van der Waals surface area (Å²) in [5.74, 6) is 2.14. The maximum absolute atomic E-state index is 5.05. The molecule has 1 nitrogen and oxygen atoms in total. The van der Waals surface area contributed by atoms with Gasteiger partial charge in [-0.05, 0) is 49.2 Å². The van der Waals surface area contributed by atoms with Gasteiger partial charge in [0.1, 0.15) is 5.76 Å². The maximum Gasteiger partial charge on any atom is 0.111 e. The fraction of sp³-hybridized carbons (Fsp3) is 0.545. The first-order chi connectivity index (χ1) is 10.8. The van der Waals surface area contributed by atoms with Gasteiger partial charge in [-0.3, -0.25) is 0 Å². The molecule has 0 heterocycles. The Balaban J connectivity index is 2.68. The van der Waals surface area contributed by atoms with Gasteiger partial charge in [0.15, 0.2) is 0 Å². The lowest BCUT2D eigenvalue weighted by atomic mass is 9.64. The minimum Gasteiger partial charge on any atom is -0.497 e. The molecule has 1 aliphatic carbocycles. The van der Waals surface area contributed by atoms with E-state index in [1.165, 1.54) is 24.8 Å². The van der Waals surface area contributed by atoms with Crippen molar-refractivity contribution in [3.63, 3.8) is 0 Å². The first-order valence-electron chi connectivity index (χ1n) is 8.70. The fourth-order valence-electron chi connectivity index (χ4n) is 3.47. The third-order valence-corrected chi connectivity index (χ3v) is 4.93. The smallest absolute Gasteiger partial charge is 0.111 e. The van der Waals surface area contributed by atoms with Crippen LogP contribution in [0, 0.1) is 17.3 Å². The highest BCUT2D eigenvalue weighted by Crippen LogP contribution is 2.44. The van der Waals surface area contributed by atoms with Crippen molar-refractivity contribution in [3.8, 4) is 0 Å². The molecule has 0 aromatic carbocycles. The summed E-state index contributed by atoms with van der Waals surface area (Å²) < 4.78 is 5.05. The van der Waals surface area contributed by atoms with Gasteiger partial charge >= 0.3 is 0 Å². The van der Waals surface area contributed by atoms with Crippen LogP contribution in [0.1, 0.15) is 53.9 Å². The molecular weight excluding hydrogens is 280 g/mol. The number of methoxy groups -OCH3 is 1. The quantitative estimate of drug-likeness (QED) is 0.396. The molecule has 0 bridgehead atoms. The van der Waals surface area contributed by atoms with E-state index in [9.17, 15) is 0 Å². The Morgan fingerprint density at radius 2 is 1.87 bits per heavy atom. The van der Waals surface area contributed by atoms with Gasteiger partial charge in [-0.15, -0.1) is 0 Å². The van der Waals surface area contributed by atoms with Crippen LogP contribution in [-0.2, 0) is 4.74 Å². The maximum atomic E-state index is 5.05. The first-order valence-corrected chi connectivity index (χ1v) is 8.70. The lowest BCUT2D eigenvalue weighted by Crippen LogP contribution is -2.32. The van der Waals surface area contributed by atoms with E-state index in [0.717, 1.165) is 11.5 Å². The molecule has 1 rings (SSSR count). The van der Waals surface area contributed by atoms with Crippen LogP contribution in [0.4, 0.5) is 0 Å². The Morgan fingerprint density at radius 1 is 1.17 bits per heavy atom. The monoisotopic (exact) mass is 314 g/mol. The summed E-state index contributed by atoms with van der Waals surface area (Å²) in [5.41, 5.74) is 2.84. The molecule has 1 fully saturated rings. The van der Waals surface area contributed by atoms with Gasteiger partial charge in [0.2, 0.25) is 0 Å². The number of hydrogen-bond donors (Lipinski definition) is 0. The molecule has 1 aliphatic rings. The molecule has 0 radical (unpaired) electrons. The Bertz CT molecular complexity index is 514. The second-order valence-corrected chi connectivity index (χ2v) is 7.57. The zero-order chi connectivity index (χ0) is 17.5. The van der Waals surface area contributed by atoms with E-state index < -0.39 is 0 Å². The highest BCUT2D eigenvalue weighted by molar-refractivity contribution is 5.29. The summed E-state index contributed by atoms with van der Waals surface area (Å²) in [5, 5.41) is 0. The van der Waals surface area contributed by atoms with Crippen molar-refractivity contribution in [1.82, 2.24) is 0 Å². The third kappa shape index (κ3) is 6.64. The number of allylic oxidation sites excluding steroid dienone is 8. The number of ether oxygens (including phenoxy) is 1. The molecule has 0 N–H and O–H groups in total. The van der Waals surface area contributed by atoms with E-state index in [4.69, 9.17) is 4.74 Å². The van der Waals surface area contributed by atoms with Crippen molar-refractivity contribution < 1.29 is 4.74 Å². The van der Waals surface area contributed by atoms with Crippen LogP contribution in [0.25, 0.3) is 0 Å². The summed E-state index contributed by atoms with van der Waals surface area (Å²) in [6, 6.07) is 0. The van der Waals surface area contributed by atoms with Gasteiger partial charge in [-0.1, -0.05) is 76.1 Å². The van der Waals surface area contributed by atoms with E-state index in [1.807, 2.05) is 13.0 Å². The third-order valence-electron chi connectivity index (χ3n) is 4.93. The standard InChI is InChI=1S/C22H34O/c1-17(10-8-11-18(2)16-20(4)23-7)13-14-21-19(3)12-9-15-22(21,5)6/h8,10-11,13-14,16,19,21H,4,9,12,15H2,1-3,5-7H3/b11-8+,14-13+,17-10+,18-16+/t19-,21?/m0/s1. The van der Waals surface area contributed by atoms with E-state index in [0.29, 0.717) is 17.1 Å². The van der Waals surface area contributed by atoms with Gasteiger partial charge in [-0.2, -0.15) is 0 Å². The van der Waals surface area contributed by atoms with Crippen LogP contribution in [-0.4, -0.2) is 7.11 Å². The van der Waals surface area contributed by atoms with E-state index in [-0.39, 0.29) is 0 Å². The van der Waals surface area contributed by atoms with Gasteiger partial charge in [0.25, 0.3) is 0 Å². The molecule has 0 spiro atoms. The molecule has 23 heavy (non-hydrogen) atoms. The van der Waals surface area contributed by atoms with Crippen LogP contribution >= 0.6 is 0 Å². The van der Waals surface area contributed by atoms with Crippen molar-refractivity contribution in [3.05, 3.63) is 59.9 Å². The van der Waals surface area contributed by atoms with Crippen LogP contribution in [0.15, 0.2) is 59.9 Å². The highest BCUT2D eigenvalue weighted by atomic mass is 16.5. The van der Waals surface area contributed by atoms with Crippen LogP contribution in [0.5, 0.6) is 0 Å². The van der Waals surface area contributed by atoms with Crippen molar-refractivity contribution in [2.45, 2.75) is 53.9 Å². The SMILES string of the molecule is C=C(/C=C(C)/C=C/C=C(C)/C=C/C1[C@@H](C)CCCC1(C)C)OC.